The molecule has 0 bridgehead atoms. The van der Waals surface area contributed by atoms with Crippen LogP contribution >= 0.6 is 15.9 Å². The summed E-state index contributed by atoms with van der Waals surface area (Å²) >= 11 is 3.47. The number of morpholine rings is 1. The standard InChI is InChI=1S/C17H24BrN3O2/c18-15-3-1-14(2-4-15)13-20-7-5-16(6-8-20)19-17(22)21-9-11-23-12-10-21/h1-4,16H,5-13H2,(H,19,22). The van der Waals surface area contributed by atoms with Crippen molar-refractivity contribution in [3.8, 4) is 0 Å². The number of urea groups is 1. The fourth-order valence-corrected chi connectivity index (χ4v) is 3.38. The largest absolute Gasteiger partial charge is 0.378 e. The monoisotopic (exact) mass is 381 g/mol. The average Bonchev–Trinajstić information content (AvgIpc) is 2.59. The number of ether oxygens (including phenoxy) is 1. The Balaban J connectivity index is 1.41. The number of halogens is 1. The van der Waals surface area contributed by atoms with E-state index in [9.17, 15) is 4.79 Å². The Morgan fingerprint density at radius 2 is 1.78 bits per heavy atom. The zero-order chi connectivity index (χ0) is 16.1. The number of hydrogen-bond donors (Lipinski definition) is 1. The van der Waals surface area contributed by atoms with E-state index in [0.717, 1.165) is 36.9 Å². The predicted octanol–water partition coefficient (Wildman–Crippen LogP) is 2.46. The second-order valence-electron chi connectivity index (χ2n) is 6.23. The molecule has 0 radical (unpaired) electrons. The summed E-state index contributed by atoms with van der Waals surface area (Å²) in [5, 5.41) is 3.18. The van der Waals surface area contributed by atoms with Crippen LogP contribution in [-0.2, 0) is 11.3 Å². The van der Waals surface area contributed by atoms with Crippen LogP contribution in [0.3, 0.4) is 0 Å². The summed E-state index contributed by atoms with van der Waals surface area (Å²) in [4.78, 5) is 16.5. The molecule has 1 N–H and O–H groups in total. The first-order chi connectivity index (χ1) is 11.2. The zero-order valence-electron chi connectivity index (χ0n) is 13.3. The minimum absolute atomic E-state index is 0.0691. The number of piperidine rings is 1. The first kappa shape index (κ1) is 16.7. The van der Waals surface area contributed by atoms with Gasteiger partial charge in [0.25, 0.3) is 0 Å². The van der Waals surface area contributed by atoms with Crippen molar-refractivity contribution in [3.05, 3.63) is 34.3 Å². The van der Waals surface area contributed by atoms with Gasteiger partial charge >= 0.3 is 6.03 Å². The summed E-state index contributed by atoms with van der Waals surface area (Å²) in [5.41, 5.74) is 1.34. The van der Waals surface area contributed by atoms with Crippen molar-refractivity contribution in [3.63, 3.8) is 0 Å². The number of hydrogen-bond acceptors (Lipinski definition) is 3. The van der Waals surface area contributed by atoms with Gasteiger partial charge in [0.15, 0.2) is 0 Å². The topological polar surface area (TPSA) is 44.8 Å². The third-order valence-electron chi connectivity index (χ3n) is 4.53. The van der Waals surface area contributed by atoms with Crippen molar-refractivity contribution in [2.45, 2.75) is 25.4 Å². The Bertz CT molecular complexity index is 509. The normalized spacial score (nSPS) is 20.5. The molecule has 2 amide bonds. The highest BCUT2D eigenvalue weighted by atomic mass is 79.9. The summed E-state index contributed by atoms with van der Waals surface area (Å²) in [6.45, 7) is 5.76. The lowest BCUT2D eigenvalue weighted by Crippen LogP contribution is -2.51. The van der Waals surface area contributed by atoms with Crippen molar-refractivity contribution in [1.29, 1.82) is 0 Å². The number of benzene rings is 1. The fourth-order valence-electron chi connectivity index (χ4n) is 3.12. The number of amides is 2. The summed E-state index contributed by atoms with van der Waals surface area (Å²) in [6, 6.07) is 8.87. The molecule has 3 rings (SSSR count). The quantitative estimate of drug-likeness (QED) is 0.874. The van der Waals surface area contributed by atoms with Gasteiger partial charge in [-0.3, -0.25) is 4.90 Å². The van der Waals surface area contributed by atoms with Gasteiger partial charge in [0.1, 0.15) is 0 Å². The number of rotatable bonds is 3. The van der Waals surface area contributed by atoms with Crippen LogP contribution < -0.4 is 5.32 Å². The lowest BCUT2D eigenvalue weighted by Gasteiger charge is -2.34. The number of nitrogens with zero attached hydrogens (tertiary/aromatic N) is 2. The van der Waals surface area contributed by atoms with Crippen molar-refractivity contribution < 1.29 is 9.53 Å². The summed E-state index contributed by atoms with van der Waals surface area (Å²) in [7, 11) is 0. The molecule has 126 valence electrons. The Hall–Kier alpha value is -1.11. The van der Waals surface area contributed by atoms with Gasteiger partial charge in [0, 0.05) is 43.2 Å². The van der Waals surface area contributed by atoms with E-state index in [2.05, 4.69) is 50.4 Å². The van der Waals surface area contributed by atoms with E-state index >= 15 is 0 Å². The summed E-state index contributed by atoms with van der Waals surface area (Å²) < 4.78 is 6.40. The fraction of sp³-hybridized carbons (Fsp3) is 0.588. The van der Waals surface area contributed by atoms with Crippen LogP contribution in [0.5, 0.6) is 0 Å². The Kier molecular flexibility index (Phi) is 5.91. The summed E-state index contributed by atoms with van der Waals surface area (Å²) in [6.07, 6.45) is 2.04. The van der Waals surface area contributed by atoms with Crippen LogP contribution in [0.1, 0.15) is 18.4 Å². The molecule has 1 aromatic carbocycles. The second kappa shape index (κ2) is 8.13. The Morgan fingerprint density at radius 3 is 2.43 bits per heavy atom. The van der Waals surface area contributed by atoms with Gasteiger partial charge in [-0.05, 0) is 30.5 Å². The molecular formula is C17H24BrN3O2. The Labute approximate surface area is 146 Å². The van der Waals surface area contributed by atoms with Gasteiger partial charge in [0.05, 0.1) is 13.2 Å². The van der Waals surface area contributed by atoms with E-state index in [0.29, 0.717) is 32.3 Å². The second-order valence-corrected chi connectivity index (χ2v) is 7.14. The number of nitrogens with one attached hydrogen (secondary N) is 1. The molecule has 1 aromatic rings. The van der Waals surface area contributed by atoms with Gasteiger partial charge in [-0.1, -0.05) is 28.1 Å². The number of carbonyl (C=O) groups is 1. The molecule has 0 spiro atoms. The van der Waals surface area contributed by atoms with Gasteiger partial charge in [-0.2, -0.15) is 0 Å². The molecule has 0 atom stereocenters. The molecular weight excluding hydrogens is 358 g/mol. The van der Waals surface area contributed by atoms with Crippen LogP contribution in [0, 0.1) is 0 Å². The third-order valence-corrected chi connectivity index (χ3v) is 5.06. The minimum atomic E-state index is 0.0691. The van der Waals surface area contributed by atoms with E-state index in [1.165, 1.54) is 5.56 Å². The molecule has 0 aromatic heterocycles. The number of carbonyl (C=O) groups excluding carboxylic acids is 1. The van der Waals surface area contributed by atoms with Gasteiger partial charge in [-0.15, -0.1) is 0 Å². The van der Waals surface area contributed by atoms with Crippen LogP contribution in [0.2, 0.25) is 0 Å². The molecule has 2 saturated heterocycles. The lowest BCUT2D eigenvalue weighted by atomic mass is 10.0. The predicted molar refractivity (Wildman–Crippen MR) is 93.4 cm³/mol. The zero-order valence-corrected chi connectivity index (χ0v) is 14.9. The lowest BCUT2D eigenvalue weighted by molar-refractivity contribution is 0.0516. The van der Waals surface area contributed by atoms with Crippen LogP contribution in [0.15, 0.2) is 28.7 Å². The Morgan fingerprint density at radius 1 is 1.13 bits per heavy atom. The molecule has 0 saturated carbocycles. The van der Waals surface area contributed by atoms with Crippen molar-refractivity contribution in [1.82, 2.24) is 15.1 Å². The third kappa shape index (κ3) is 4.93. The van der Waals surface area contributed by atoms with Crippen molar-refractivity contribution in [2.24, 2.45) is 0 Å². The van der Waals surface area contributed by atoms with Gasteiger partial charge in [-0.25, -0.2) is 4.79 Å². The van der Waals surface area contributed by atoms with Crippen molar-refractivity contribution in [2.75, 3.05) is 39.4 Å². The maximum atomic E-state index is 12.2. The van der Waals surface area contributed by atoms with E-state index < -0.39 is 0 Å². The highest BCUT2D eigenvalue weighted by Gasteiger charge is 2.23. The van der Waals surface area contributed by atoms with Gasteiger partial charge in [0.2, 0.25) is 0 Å². The molecule has 5 nitrogen and oxygen atoms in total. The highest BCUT2D eigenvalue weighted by molar-refractivity contribution is 9.10. The van der Waals surface area contributed by atoms with Crippen molar-refractivity contribution >= 4 is 22.0 Å². The molecule has 0 unspecified atom stereocenters. The molecule has 6 heteroatoms. The molecule has 2 heterocycles. The molecule has 2 aliphatic rings. The maximum Gasteiger partial charge on any atom is 0.317 e. The highest BCUT2D eigenvalue weighted by Crippen LogP contribution is 2.16. The number of likely N-dealkylation sites (tertiary alicyclic amines) is 1. The van der Waals surface area contributed by atoms with Crippen LogP contribution in [0.25, 0.3) is 0 Å². The average molecular weight is 382 g/mol. The first-order valence-corrected chi connectivity index (χ1v) is 9.10. The van der Waals surface area contributed by atoms with Crippen LogP contribution in [-0.4, -0.2) is 61.3 Å². The smallest absolute Gasteiger partial charge is 0.317 e. The van der Waals surface area contributed by atoms with Gasteiger partial charge < -0.3 is 15.0 Å². The SMILES string of the molecule is O=C(NC1CCN(Cc2ccc(Br)cc2)CC1)N1CCOCC1. The molecule has 23 heavy (non-hydrogen) atoms. The maximum absolute atomic E-state index is 12.2. The molecule has 2 aliphatic heterocycles. The van der Waals surface area contributed by atoms with E-state index in [1.807, 2.05) is 4.90 Å². The summed E-state index contributed by atoms with van der Waals surface area (Å²) in [5.74, 6) is 0. The van der Waals surface area contributed by atoms with E-state index in [4.69, 9.17) is 4.74 Å². The van der Waals surface area contributed by atoms with Crippen LogP contribution in [0.4, 0.5) is 4.79 Å². The van der Waals surface area contributed by atoms with E-state index in [1.54, 1.807) is 0 Å². The molecule has 0 aliphatic carbocycles. The first-order valence-electron chi connectivity index (χ1n) is 8.31. The van der Waals surface area contributed by atoms with E-state index in [-0.39, 0.29) is 6.03 Å². The molecule has 2 fully saturated rings. The minimum Gasteiger partial charge on any atom is -0.378 e.